The topological polar surface area (TPSA) is 54.4 Å². The predicted octanol–water partition coefficient (Wildman–Crippen LogP) is 2.19. The Morgan fingerprint density at radius 3 is 2.75 bits per heavy atom. The van der Waals surface area contributed by atoms with E-state index in [2.05, 4.69) is 0 Å². The van der Waals surface area contributed by atoms with Crippen LogP contribution in [-0.2, 0) is 15.6 Å². The molecule has 0 saturated heterocycles. The quantitative estimate of drug-likeness (QED) is 0.863. The minimum absolute atomic E-state index is 0.223. The van der Waals surface area contributed by atoms with Crippen LogP contribution in [0.3, 0.4) is 0 Å². The zero-order valence-electron chi connectivity index (χ0n) is 8.85. The first kappa shape index (κ1) is 12.8. The highest BCUT2D eigenvalue weighted by atomic mass is 32.2. The molecule has 1 rings (SSSR count). The summed E-state index contributed by atoms with van der Waals surface area (Å²) in [5.41, 5.74) is 0. The lowest BCUT2D eigenvalue weighted by molar-refractivity contribution is -0.136. The summed E-state index contributed by atoms with van der Waals surface area (Å²) < 4.78 is 24.8. The third-order valence-corrected chi connectivity index (χ3v) is 3.79. The van der Waals surface area contributed by atoms with Gasteiger partial charge in [-0.15, -0.1) is 0 Å². The van der Waals surface area contributed by atoms with Crippen molar-refractivity contribution >= 4 is 16.8 Å². The van der Waals surface area contributed by atoms with Crippen LogP contribution in [0.15, 0.2) is 29.2 Å². The lowest BCUT2D eigenvalue weighted by Crippen LogP contribution is -2.25. The van der Waals surface area contributed by atoms with Crippen molar-refractivity contribution in [3.05, 3.63) is 30.1 Å². The Morgan fingerprint density at radius 1 is 1.56 bits per heavy atom. The maximum absolute atomic E-state index is 12.9. The molecular formula is C11H13FO3S. The molecule has 0 aliphatic heterocycles. The molecular weight excluding hydrogens is 231 g/mol. The molecule has 5 heteroatoms. The third kappa shape index (κ3) is 3.13. The highest BCUT2D eigenvalue weighted by molar-refractivity contribution is 7.86. The summed E-state index contributed by atoms with van der Waals surface area (Å²) in [6.07, 6.45) is 0.941. The summed E-state index contributed by atoms with van der Waals surface area (Å²) in [7, 11) is -1.70. The van der Waals surface area contributed by atoms with Crippen LogP contribution in [0, 0.1) is 5.82 Å². The molecule has 2 unspecified atom stereocenters. The first-order valence-electron chi connectivity index (χ1n) is 4.95. The predicted molar refractivity (Wildman–Crippen MR) is 59.1 cm³/mol. The molecule has 0 aromatic heterocycles. The molecule has 16 heavy (non-hydrogen) atoms. The van der Waals surface area contributed by atoms with Crippen molar-refractivity contribution < 1.29 is 18.5 Å². The van der Waals surface area contributed by atoms with Crippen molar-refractivity contribution in [3.8, 4) is 0 Å². The Bertz CT molecular complexity index is 406. The molecule has 0 fully saturated rings. The van der Waals surface area contributed by atoms with Crippen molar-refractivity contribution in [2.45, 2.75) is 29.9 Å². The number of carboxylic acid groups (broad SMARTS) is 1. The number of hydrogen-bond acceptors (Lipinski definition) is 2. The number of halogens is 1. The lowest BCUT2D eigenvalue weighted by atomic mass is 10.2. The van der Waals surface area contributed by atoms with E-state index in [-0.39, 0.29) is 4.90 Å². The molecule has 88 valence electrons. The molecule has 1 aromatic carbocycles. The van der Waals surface area contributed by atoms with Crippen molar-refractivity contribution in [2.24, 2.45) is 0 Å². The summed E-state index contributed by atoms with van der Waals surface area (Å²) in [5, 5.41) is 7.95. The molecule has 0 aliphatic rings. The van der Waals surface area contributed by atoms with Gasteiger partial charge in [0.25, 0.3) is 0 Å². The highest BCUT2D eigenvalue weighted by Gasteiger charge is 2.25. The molecule has 0 heterocycles. The van der Waals surface area contributed by atoms with Gasteiger partial charge in [-0.1, -0.05) is 19.4 Å². The summed E-state index contributed by atoms with van der Waals surface area (Å²) in [6.45, 7) is 1.82. The Balaban J connectivity index is 2.94. The normalized spacial score (nSPS) is 14.4. The van der Waals surface area contributed by atoms with E-state index in [0.717, 1.165) is 6.07 Å². The molecule has 3 nitrogen and oxygen atoms in total. The van der Waals surface area contributed by atoms with E-state index in [1.807, 2.05) is 6.92 Å². The fourth-order valence-corrected chi connectivity index (χ4v) is 2.74. The van der Waals surface area contributed by atoms with Crippen LogP contribution in [0.1, 0.15) is 19.8 Å². The fourth-order valence-electron chi connectivity index (χ4n) is 1.34. The molecule has 0 spiro atoms. The van der Waals surface area contributed by atoms with E-state index in [0.29, 0.717) is 12.8 Å². The van der Waals surface area contributed by atoms with E-state index in [4.69, 9.17) is 5.11 Å². The zero-order valence-corrected chi connectivity index (χ0v) is 9.67. The average Bonchev–Trinajstić information content (AvgIpc) is 2.24. The maximum atomic E-state index is 12.9. The molecule has 1 aromatic rings. The summed E-state index contributed by atoms with van der Waals surface area (Å²) in [6, 6.07) is 5.25. The second-order valence-corrected chi connectivity index (χ2v) is 5.01. The molecule has 0 amide bonds. The van der Waals surface area contributed by atoms with Gasteiger partial charge in [0.15, 0.2) is 0 Å². The van der Waals surface area contributed by atoms with E-state index < -0.39 is 27.8 Å². The number of carbonyl (C=O) groups is 1. The number of benzene rings is 1. The molecule has 0 bridgehead atoms. The Hall–Kier alpha value is -1.23. The van der Waals surface area contributed by atoms with Crippen LogP contribution in [-0.4, -0.2) is 20.5 Å². The largest absolute Gasteiger partial charge is 0.480 e. The summed E-state index contributed by atoms with van der Waals surface area (Å²) in [4.78, 5) is 11.1. The van der Waals surface area contributed by atoms with Crippen LogP contribution in [0.25, 0.3) is 0 Å². The van der Waals surface area contributed by atoms with Gasteiger partial charge in [-0.25, -0.2) is 4.39 Å². The van der Waals surface area contributed by atoms with Crippen LogP contribution >= 0.6 is 0 Å². The number of aliphatic carboxylic acids is 1. The molecule has 0 radical (unpaired) electrons. The van der Waals surface area contributed by atoms with Gasteiger partial charge in [0, 0.05) is 4.90 Å². The zero-order chi connectivity index (χ0) is 12.1. The monoisotopic (exact) mass is 244 g/mol. The summed E-state index contributed by atoms with van der Waals surface area (Å²) >= 11 is 0. The second kappa shape index (κ2) is 5.75. The standard InChI is InChI=1S/C11H13FO3S/c1-2-4-10(11(13)14)16(15)9-6-3-5-8(12)7-9/h3,5-7,10H,2,4H2,1H3,(H,13,14). The van der Waals surface area contributed by atoms with Crippen LogP contribution in [0.5, 0.6) is 0 Å². The second-order valence-electron chi connectivity index (χ2n) is 3.37. The lowest BCUT2D eigenvalue weighted by Gasteiger charge is -2.10. The van der Waals surface area contributed by atoms with Crippen molar-refractivity contribution in [1.29, 1.82) is 0 Å². The van der Waals surface area contributed by atoms with Gasteiger partial charge in [-0.05, 0) is 24.6 Å². The third-order valence-electron chi connectivity index (χ3n) is 2.11. The molecule has 1 N–H and O–H groups in total. The van der Waals surface area contributed by atoms with Crippen LogP contribution < -0.4 is 0 Å². The smallest absolute Gasteiger partial charge is 0.319 e. The van der Waals surface area contributed by atoms with Gasteiger partial charge in [0.05, 0.1) is 10.8 Å². The number of hydrogen-bond donors (Lipinski definition) is 1. The van der Waals surface area contributed by atoms with Crippen LogP contribution in [0.4, 0.5) is 4.39 Å². The number of carboxylic acids is 1. The number of rotatable bonds is 5. The van der Waals surface area contributed by atoms with Crippen molar-refractivity contribution in [1.82, 2.24) is 0 Å². The Morgan fingerprint density at radius 2 is 2.25 bits per heavy atom. The van der Waals surface area contributed by atoms with Gasteiger partial charge in [-0.2, -0.15) is 0 Å². The first-order valence-corrected chi connectivity index (χ1v) is 6.16. The maximum Gasteiger partial charge on any atom is 0.319 e. The van der Waals surface area contributed by atoms with Gasteiger partial charge in [-0.3, -0.25) is 9.00 Å². The Labute approximate surface area is 95.8 Å². The Kier molecular flexibility index (Phi) is 4.61. The summed E-state index contributed by atoms with van der Waals surface area (Å²) in [5.74, 6) is -1.61. The fraction of sp³-hybridized carbons (Fsp3) is 0.364. The van der Waals surface area contributed by atoms with Gasteiger partial charge >= 0.3 is 5.97 Å². The molecule has 0 aliphatic carbocycles. The molecule has 0 saturated carbocycles. The first-order chi connectivity index (χ1) is 7.56. The van der Waals surface area contributed by atoms with Gasteiger partial charge in [0.2, 0.25) is 0 Å². The minimum atomic E-state index is -1.70. The van der Waals surface area contributed by atoms with E-state index in [1.165, 1.54) is 18.2 Å². The molecule has 2 atom stereocenters. The van der Waals surface area contributed by atoms with E-state index in [9.17, 15) is 13.4 Å². The van der Waals surface area contributed by atoms with Crippen molar-refractivity contribution in [2.75, 3.05) is 0 Å². The van der Waals surface area contributed by atoms with Gasteiger partial charge in [0.1, 0.15) is 11.1 Å². The van der Waals surface area contributed by atoms with Gasteiger partial charge < -0.3 is 5.11 Å². The van der Waals surface area contributed by atoms with Crippen molar-refractivity contribution in [3.63, 3.8) is 0 Å². The van der Waals surface area contributed by atoms with E-state index >= 15 is 0 Å². The van der Waals surface area contributed by atoms with Crippen LogP contribution in [0.2, 0.25) is 0 Å². The highest BCUT2D eigenvalue weighted by Crippen LogP contribution is 2.16. The average molecular weight is 244 g/mol. The SMILES string of the molecule is CCCC(C(=O)O)S(=O)c1cccc(F)c1. The van der Waals surface area contributed by atoms with E-state index in [1.54, 1.807) is 0 Å². The minimum Gasteiger partial charge on any atom is -0.480 e.